The van der Waals surface area contributed by atoms with Gasteiger partial charge in [-0.2, -0.15) is 0 Å². The standard InChI is InChI=1S/C15H25N3O2/c1-4-9-18(5-2)10-8-17-14-7-6-12(16)11-13(14)15(19)20-3/h6-7,11,17H,4-5,8-10,16H2,1-3H3. The molecule has 0 aliphatic heterocycles. The van der Waals surface area contributed by atoms with Gasteiger partial charge in [0.1, 0.15) is 0 Å². The highest BCUT2D eigenvalue weighted by molar-refractivity contribution is 5.96. The number of carbonyl (C=O) groups is 1. The topological polar surface area (TPSA) is 67.6 Å². The summed E-state index contributed by atoms with van der Waals surface area (Å²) in [6, 6.07) is 5.23. The number of nitrogen functional groups attached to an aromatic ring is 1. The molecule has 3 N–H and O–H groups in total. The second kappa shape index (κ2) is 8.43. The Kier molecular flexibility index (Phi) is 6.87. The maximum absolute atomic E-state index is 11.7. The molecule has 0 saturated heterocycles. The molecule has 0 heterocycles. The first kappa shape index (κ1) is 16.3. The zero-order chi connectivity index (χ0) is 15.0. The molecule has 0 amide bonds. The lowest BCUT2D eigenvalue weighted by Crippen LogP contribution is -2.29. The molecular formula is C15H25N3O2. The number of hydrogen-bond acceptors (Lipinski definition) is 5. The van der Waals surface area contributed by atoms with Gasteiger partial charge in [-0.25, -0.2) is 4.79 Å². The van der Waals surface area contributed by atoms with E-state index >= 15 is 0 Å². The van der Waals surface area contributed by atoms with Crippen LogP contribution in [0.5, 0.6) is 0 Å². The third-order valence-corrected chi connectivity index (χ3v) is 3.18. The molecule has 0 fully saturated rings. The Balaban J connectivity index is 2.65. The van der Waals surface area contributed by atoms with Gasteiger partial charge in [0.15, 0.2) is 0 Å². The number of nitrogens with zero attached hydrogens (tertiary/aromatic N) is 1. The fourth-order valence-corrected chi connectivity index (χ4v) is 2.09. The van der Waals surface area contributed by atoms with E-state index in [1.54, 1.807) is 12.1 Å². The molecule has 0 aromatic heterocycles. The monoisotopic (exact) mass is 279 g/mol. The summed E-state index contributed by atoms with van der Waals surface area (Å²) in [7, 11) is 1.37. The van der Waals surface area contributed by atoms with Crippen molar-refractivity contribution in [1.29, 1.82) is 0 Å². The molecule has 0 spiro atoms. The quantitative estimate of drug-likeness (QED) is 0.564. The number of anilines is 2. The van der Waals surface area contributed by atoms with Crippen molar-refractivity contribution in [2.75, 3.05) is 44.3 Å². The van der Waals surface area contributed by atoms with Gasteiger partial charge in [-0.05, 0) is 37.7 Å². The summed E-state index contributed by atoms with van der Waals surface area (Å²) < 4.78 is 4.77. The predicted molar refractivity (Wildman–Crippen MR) is 83.1 cm³/mol. The average Bonchev–Trinajstić information content (AvgIpc) is 2.46. The number of rotatable bonds is 8. The van der Waals surface area contributed by atoms with Gasteiger partial charge in [0.2, 0.25) is 0 Å². The van der Waals surface area contributed by atoms with Crippen molar-refractivity contribution in [3.8, 4) is 0 Å². The maximum Gasteiger partial charge on any atom is 0.340 e. The number of nitrogens with two attached hydrogens (primary N) is 1. The molecular weight excluding hydrogens is 254 g/mol. The number of esters is 1. The molecule has 1 rings (SSSR count). The van der Waals surface area contributed by atoms with Crippen LogP contribution in [0, 0.1) is 0 Å². The van der Waals surface area contributed by atoms with Gasteiger partial charge >= 0.3 is 5.97 Å². The second-order valence-corrected chi connectivity index (χ2v) is 4.66. The van der Waals surface area contributed by atoms with Crippen LogP contribution in [0.3, 0.4) is 0 Å². The lowest BCUT2D eigenvalue weighted by atomic mass is 10.1. The van der Waals surface area contributed by atoms with E-state index in [1.807, 2.05) is 6.07 Å². The van der Waals surface area contributed by atoms with Crippen LogP contribution in [0.2, 0.25) is 0 Å². The summed E-state index contributed by atoms with van der Waals surface area (Å²) in [5.74, 6) is -0.374. The third-order valence-electron chi connectivity index (χ3n) is 3.18. The second-order valence-electron chi connectivity index (χ2n) is 4.66. The van der Waals surface area contributed by atoms with Crippen LogP contribution in [0.15, 0.2) is 18.2 Å². The van der Waals surface area contributed by atoms with Gasteiger partial charge in [0, 0.05) is 24.5 Å². The zero-order valence-corrected chi connectivity index (χ0v) is 12.6. The van der Waals surface area contributed by atoms with Crippen LogP contribution in [-0.4, -0.2) is 44.2 Å². The van der Waals surface area contributed by atoms with Gasteiger partial charge in [0.25, 0.3) is 0 Å². The summed E-state index contributed by atoms with van der Waals surface area (Å²) in [6.07, 6.45) is 1.14. The summed E-state index contributed by atoms with van der Waals surface area (Å²) in [5, 5.41) is 3.28. The zero-order valence-electron chi connectivity index (χ0n) is 12.6. The molecule has 0 aliphatic carbocycles. The SMILES string of the molecule is CCCN(CC)CCNc1ccc(N)cc1C(=O)OC. The van der Waals surface area contributed by atoms with Crippen molar-refractivity contribution < 1.29 is 9.53 Å². The van der Waals surface area contributed by atoms with Crippen LogP contribution in [0.25, 0.3) is 0 Å². The van der Waals surface area contributed by atoms with Gasteiger partial charge < -0.3 is 20.7 Å². The molecule has 1 aromatic carbocycles. The summed E-state index contributed by atoms with van der Waals surface area (Å²) in [6.45, 7) is 8.16. The van der Waals surface area contributed by atoms with Gasteiger partial charge in [0.05, 0.1) is 12.7 Å². The van der Waals surface area contributed by atoms with Crippen molar-refractivity contribution in [2.24, 2.45) is 0 Å². The highest BCUT2D eigenvalue weighted by Gasteiger charge is 2.12. The maximum atomic E-state index is 11.7. The summed E-state index contributed by atoms with van der Waals surface area (Å²) in [5.41, 5.74) is 7.51. The van der Waals surface area contributed by atoms with Gasteiger partial charge in [-0.15, -0.1) is 0 Å². The summed E-state index contributed by atoms with van der Waals surface area (Å²) >= 11 is 0. The highest BCUT2D eigenvalue weighted by atomic mass is 16.5. The number of ether oxygens (including phenoxy) is 1. The van der Waals surface area contributed by atoms with E-state index in [0.717, 1.165) is 38.3 Å². The van der Waals surface area contributed by atoms with Crippen molar-refractivity contribution in [2.45, 2.75) is 20.3 Å². The Hall–Kier alpha value is -1.75. The Labute approximate surface area is 121 Å². The van der Waals surface area contributed by atoms with E-state index < -0.39 is 0 Å². The van der Waals surface area contributed by atoms with Crippen molar-refractivity contribution >= 4 is 17.3 Å². The van der Waals surface area contributed by atoms with Crippen LogP contribution in [-0.2, 0) is 4.74 Å². The molecule has 0 radical (unpaired) electrons. The lowest BCUT2D eigenvalue weighted by Gasteiger charge is -2.20. The fourth-order valence-electron chi connectivity index (χ4n) is 2.09. The van der Waals surface area contributed by atoms with Crippen molar-refractivity contribution in [3.05, 3.63) is 23.8 Å². The van der Waals surface area contributed by atoms with Crippen LogP contribution in [0.4, 0.5) is 11.4 Å². The van der Waals surface area contributed by atoms with Gasteiger partial charge in [-0.3, -0.25) is 0 Å². The molecule has 0 atom stereocenters. The summed E-state index contributed by atoms with van der Waals surface area (Å²) in [4.78, 5) is 14.1. The normalized spacial score (nSPS) is 10.6. The number of carbonyl (C=O) groups excluding carboxylic acids is 1. The van der Waals surface area contributed by atoms with Crippen LogP contribution >= 0.6 is 0 Å². The van der Waals surface area contributed by atoms with E-state index in [1.165, 1.54) is 7.11 Å². The minimum Gasteiger partial charge on any atom is -0.465 e. The average molecular weight is 279 g/mol. The molecule has 5 nitrogen and oxygen atoms in total. The Bertz CT molecular complexity index is 435. The fraction of sp³-hybridized carbons (Fsp3) is 0.533. The molecule has 0 unspecified atom stereocenters. The molecule has 0 saturated carbocycles. The third kappa shape index (κ3) is 4.74. The van der Waals surface area contributed by atoms with E-state index in [2.05, 4.69) is 24.1 Å². The molecule has 20 heavy (non-hydrogen) atoms. The number of methoxy groups -OCH3 is 1. The predicted octanol–water partition coefficient (Wildman–Crippen LogP) is 2.20. The minimum absolute atomic E-state index is 0.374. The molecule has 0 bridgehead atoms. The molecule has 112 valence electrons. The molecule has 5 heteroatoms. The van der Waals surface area contributed by atoms with E-state index in [9.17, 15) is 4.79 Å². The number of benzene rings is 1. The van der Waals surface area contributed by atoms with Crippen LogP contribution in [0.1, 0.15) is 30.6 Å². The van der Waals surface area contributed by atoms with E-state index in [-0.39, 0.29) is 5.97 Å². The first-order valence-corrected chi connectivity index (χ1v) is 7.06. The van der Waals surface area contributed by atoms with E-state index in [4.69, 9.17) is 10.5 Å². The molecule has 1 aromatic rings. The van der Waals surface area contributed by atoms with Crippen molar-refractivity contribution in [1.82, 2.24) is 4.90 Å². The van der Waals surface area contributed by atoms with Crippen LogP contribution < -0.4 is 11.1 Å². The number of nitrogens with one attached hydrogen (secondary N) is 1. The smallest absolute Gasteiger partial charge is 0.340 e. The largest absolute Gasteiger partial charge is 0.465 e. The Morgan fingerprint density at radius 3 is 2.70 bits per heavy atom. The van der Waals surface area contributed by atoms with E-state index in [0.29, 0.717) is 11.3 Å². The minimum atomic E-state index is -0.374. The first-order valence-electron chi connectivity index (χ1n) is 7.06. The Morgan fingerprint density at radius 1 is 1.35 bits per heavy atom. The number of likely N-dealkylation sites (N-methyl/N-ethyl adjacent to an activating group) is 1. The highest BCUT2D eigenvalue weighted by Crippen LogP contribution is 2.19. The molecule has 0 aliphatic rings. The van der Waals surface area contributed by atoms with Crippen molar-refractivity contribution in [3.63, 3.8) is 0 Å². The lowest BCUT2D eigenvalue weighted by molar-refractivity contribution is 0.0602. The first-order chi connectivity index (χ1) is 9.62. The van der Waals surface area contributed by atoms with Gasteiger partial charge in [-0.1, -0.05) is 13.8 Å². The number of hydrogen-bond donors (Lipinski definition) is 2. The Morgan fingerprint density at radius 2 is 2.10 bits per heavy atom.